The van der Waals surface area contributed by atoms with Gasteiger partial charge in [0, 0.05) is 13.1 Å². The minimum absolute atomic E-state index is 0.0842. The third-order valence-electron chi connectivity index (χ3n) is 3.16. The molecule has 20 heavy (non-hydrogen) atoms. The Bertz CT molecular complexity index is 560. The monoisotopic (exact) mass is 273 g/mol. The van der Waals surface area contributed by atoms with Crippen LogP contribution in [0.3, 0.4) is 0 Å². The Morgan fingerprint density at radius 2 is 2.15 bits per heavy atom. The van der Waals surface area contributed by atoms with E-state index in [0.29, 0.717) is 5.69 Å². The molecule has 2 aromatic rings. The second-order valence-electron chi connectivity index (χ2n) is 4.65. The van der Waals surface area contributed by atoms with Crippen LogP contribution >= 0.6 is 0 Å². The molecule has 3 heterocycles. The second kappa shape index (κ2) is 5.64. The van der Waals surface area contributed by atoms with Crippen LogP contribution in [0.15, 0.2) is 24.7 Å². The van der Waals surface area contributed by atoms with Crippen molar-refractivity contribution in [3.05, 3.63) is 24.7 Å². The molecule has 1 saturated heterocycles. The van der Waals surface area contributed by atoms with E-state index in [1.807, 2.05) is 12.1 Å². The molecule has 0 bridgehead atoms. The molecule has 0 atom stereocenters. The standard InChI is InChI=1S/C12H15N7O/c20-12(8-19-9-14-16-17-19)15-10-3-4-11(13-7-10)18-5-1-2-6-18/h3-4,7,9H,1-2,5-6,8H2,(H,15,20). The lowest BCUT2D eigenvalue weighted by atomic mass is 10.3. The van der Waals surface area contributed by atoms with Crippen LogP contribution < -0.4 is 10.2 Å². The summed E-state index contributed by atoms with van der Waals surface area (Å²) >= 11 is 0. The average molecular weight is 273 g/mol. The van der Waals surface area contributed by atoms with E-state index in [1.165, 1.54) is 23.9 Å². The number of tetrazole rings is 1. The summed E-state index contributed by atoms with van der Waals surface area (Å²) in [5.74, 6) is 0.772. The zero-order valence-corrected chi connectivity index (χ0v) is 10.9. The lowest BCUT2D eigenvalue weighted by molar-refractivity contribution is -0.116. The summed E-state index contributed by atoms with van der Waals surface area (Å²) < 4.78 is 1.36. The zero-order chi connectivity index (χ0) is 13.8. The molecule has 1 N–H and O–H groups in total. The van der Waals surface area contributed by atoms with Gasteiger partial charge in [0.2, 0.25) is 5.91 Å². The molecule has 104 valence electrons. The van der Waals surface area contributed by atoms with Crippen LogP contribution in [-0.2, 0) is 11.3 Å². The van der Waals surface area contributed by atoms with Gasteiger partial charge in [-0.2, -0.15) is 0 Å². The molecule has 8 heteroatoms. The number of carbonyl (C=O) groups excluding carboxylic acids is 1. The first-order valence-corrected chi connectivity index (χ1v) is 6.53. The highest BCUT2D eigenvalue weighted by Crippen LogP contribution is 2.18. The van der Waals surface area contributed by atoms with E-state index in [0.717, 1.165) is 18.9 Å². The first-order valence-electron chi connectivity index (χ1n) is 6.53. The van der Waals surface area contributed by atoms with Crippen LogP contribution in [0.2, 0.25) is 0 Å². The van der Waals surface area contributed by atoms with Gasteiger partial charge >= 0.3 is 0 Å². The molecular formula is C12H15N7O. The fourth-order valence-corrected chi connectivity index (χ4v) is 2.19. The number of nitrogens with zero attached hydrogens (tertiary/aromatic N) is 6. The number of hydrogen-bond donors (Lipinski definition) is 1. The predicted octanol–water partition coefficient (Wildman–Crippen LogP) is 0.307. The Kier molecular flexibility index (Phi) is 3.53. The third-order valence-corrected chi connectivity index (χ3v) is 3.16. The smallest absolute Gasteiger partial charge is 0.246 e. The van der Waals surface area contributed by atoms with Gasteiger partial charge in [0.05, 0.1) is 11.9 Å². The van der Waals surface area contributed by atoms with Gasteiger partial charge in [-0.3, -0.25) is 4.79 Å². The van der Waals surface area contributed by atoms with Gasteiger partial charge in [0.1, 0.15) is 18.7 Å². The van der Waals surface area contributed by atoms with Gasteiger partial charge in [-0.15, -0.1) is 5.10 Å². The summed E-state index contributed by atoms with van der Waals surface area (Å²) in [5.41, 5.74) is 0.672. The average Bonchev–Trinajstić information content (AvgIpc) is 3.12. The van der Waals surface area contributed by atoms with Crippen molar-refractivity contribution in [1.82, 2.24) is 25.2 Å². The third kappa shape index (κ3) is 2.90. The molecule has 0 aliphatic carbocycles. The maximum atomic E-state index is 11.8. The molecule has 1 fully saturated rings. The van der Waals surface area contributed by atoms with E-state index < -0.39 is 0 Å². The molecule has 0 saturated carbocycles. The quantitative estimate of drug-likeness (QED) is 0.862. The highest BCUT2D eigenvalue weighted by atomic mass is 16.2. The normalized spacial score (nSPS) is 14.5. The number of hydrogen-bond acceptors (Lipinski definition) is 6. The van der Waals surface area contributed by atoms with Gasteiger partial charge in [-0.1, -0.05) is 0 Å². The number of rotatable bonds is 4. The van der Waals surface area contributed by atoms with Crippen LogP contribution in [0.4, 0.5) is 11.5 Å². The number of nitrogens with one attached hydrogen (secondary N) is 1. The van der Waals surface area contributed by atoms with Crippen LogP contribution in [0.5, 0.6) is 0 Å². The van der Waals surface area contributed by atoms with Crippen LogP contribution in [0.1, 0.15) is 12.8 Å². The molecule has 0 aromatic carbocycles. The van der Waals surface area contributed by atoms with Crippen LogP contribution in [-0.4, -0.2) is 44.2 Å². The molecule has 1 amide bonds. The zero-order valence-electron chi connectivity index (χ0n) is 10.9. The molecule has 1 aliphatic heterocycles. The molecule has 0 radical (unpaired) electrons. The SMILES string of the molecule is O=C(Cn1cnnn1)Nc1ccc(N2CCCC2)nc1. The molecule has 8 nitrogen and oxygen atoms in total. The molecule has 0 spiro atoms. The molecule has 2 aromatic heterocycles. The van der Waals surface area contributed by atoms with Crippen LogP contribution in [0.25, 0.3) is 0 Å². The van der Waals surface area contributed by atoms with E-state index in [2.05, 4.69) is 30.7 Å². The topological polar surface area (TPSA) is 88.8 Å². The van der Waals surface area contributed by atoms with Crippen molar-refractivity contribution in [3.63, 3.8) is 0 Å². The summed E-state index contributed by atoms with van der Waals surface area (Å²) in [6.07, 6.45) is 5.50. The first-order chi connectivity index (χ1) is 9.81. The van der Waals surface area contributed by atoms with E-state index in [1.54, 1.807) is 6.20 Å². The summed E-state index contributed by atoms with van der Waals surface area (Å²) in [4.78, 5) is 18.4. The van der Waals surface area contributed by atoms with E-state index >= 15 is 0 Å². The highest BCUT2D eigenvalue weighted by Gasteiger charge is 2.13. The minimum atomic E-state index is -0.187. The Morgan fingerprint density at radius 1 is 1.30 bits per heavy atom. The van der Waals surface area contributed by atoms with Crippen molar-refractivity contribution in [2.75, 3.05) is 23.3 Å². The van der Waals surface area contributed by atoms with Gasteiger partial charge in [-0.05, 0) is 35.4 Å². The first kappa shape index (κ1) is 12.5. The Balaban J connectivity index is 1.58. The van der Waals surface area contributed by atoms with E-state index in [9.17, 15) is 4.79 Å². The van der Waals surface area contributed by atoms with Crippen molar-refractivity contribution in [1.29, 1.82) is 0 Å². The molecule has 3 rings (SSSR count). The van der Waals surface area contributed by atoms with Crippen molar-refractivity contribution in [2.45, 2.75) is 19.4 Å². The lowest BCUT2D eigenvalue weighted by Crippen LogP contribution is -2.20. The van der Waals surface area contributed by atoms with Gasteiger partial charge in [0.25, 0.3) is 0 Å². The lowest BCUT2D eigenvalue weighted by Gasteiger charge is -2.16. The van der Waals surface area contributed by atoms with Crippen molar-refractivity contribution in [3.8, 4) is 0 Å². The van der Waals surface area contributed by atoms with E-state index in [-0.39, 0.29) is 12.5 Å². The summed E-state index contributed by atoms with van der Waals surface area (Å²) in [6.45, 7) is 2.19. The molecule has 1 aliphatic rings. The van der Waals surface area contributed by atoms with Crippen molar-refractivity contribution < 1.29 is 4.79 Å². The van der Waals surface area contributed by atoms with Crippen molar-refractivity contribution >= 4 is 17.4 Å². The van der Waals surface area contributed by atoms with Crippen molar-refractivity contribution in [2.24, 2.45) is 0 Å². The summed E-state index contributed by atoms with van der Waals surface area (Å²) in [6, 6.07) is 3.79. The molecular weight excluding hydrogens is 258 g/mol. The summed E-state index contributed by atoms with van der Waals surface area (Å²) in [5, 5.41) is 13.3. The Labute approximate surface area is 115 Å². The fourth-order valence-electron chi connectivity index (χ4n) is 2.19. The maximum Gasteiger partial charge on any atom is 0.246 e. The Morgan fingerprint density at radius 3 is 2.80 bits per heavy atom. The van der Waals surface area contributed by atoms with Crippen LogP contribution in [0, 0.1) is 0 Å². The van der Waals surface area contributed by atoms with Gasteiger partial charge in [-0.25, -0.2) is 9.67 Å². The Hall–Kier alpha value is -2.51. The summed E-state index contributed by atoms with van der Waals surface area (Å²) in [7, 11) is 0. The van der Waals surface area contributed by atoms with E-state index in [4.69, 9.17) is 0 Å². The van der Waals surface area contributed by atoms with Gasteiger partial charge in [0.15, 0.2) is 0 Å². The fraction of sp³-hybridized carbons (Fsp3) is 0.417. The van der Waals surface area contributed by atoms with Gasteiger partial charge < -0.3 is 10.2 Å². The maximum absolute atomic E-state index is 11.8. The number of anilines is 2. The number of carbonyl (C=O) groups is 1. The second-order valence-corrected chi connectivity index (χ2v) is 4.65. The largest absolute Gasteiger partial charge is 0.357 e. The number of aromatic nitrogens is 5. The minimum Gasteiger partial charge on any atom is -0.357 e. The number of pyridine rings is 1. The highest BCUT2D eigenvalue weighted by molar-refractivity contribution is 5.90. The predicted molar refractivity (Wildman–Crippen MR) is 72.1 cm³/mol. The number of amides is 1. The molecule has 0 unspecified atom stereocenters.